The van der Waals surface area contributed by atoms with Crippen LogP contribution in [0.4, 0.5) is 0 Å². The minimum Gasteiger partial charge on any atom is -0.363 e. The fraction of sp³-hybridized carbons (Fsp3) is 0.0667. The lowest BCUT2D eigenvalue weighted by molar-refractivity contribution is 1.20. The van der Waals surface area contributed by atoms with E-state index in [1.807, 2.05) is 42.5 Å². The molecule has 19 heavy (non-hydrogen) atoms. The van der Waals surface area contributed by atoms with E-state index < -0.39 is 0 Å². The van der Waals surface area contributed by atoms with E-state index in [-0.39, 0.29) is 11.1 Å². The second-order valence-electron chi connectivity index (χ2n) is 3.94. The van der Waals surface area contributed by atoms with E-state index in [9.17, 15) is 0 Å². The first-order valence-electron chi connectivity index (χ1n) is 5.87. The van der Waals surface area contributed by atoms with Crippen molar-refractivity contribution in [3.63, 3.8) is 0 Å². The van der Waals surface area contributed by atoms with Crippen LogP contribution in [-0.2, 0) is 0 Å². The molecule has 2 N–H and O–H groups in total. The van der Waals surface area contributed by atoms with Gasteiger partial charge in [-0.2, -0.15) is 0 Å². The molecule has 0 aliphatic rings. The number of amidine groups is 2. The van der Waals surface area contributed by atoms with Gasteiger partial charge in [0.15, 0.2) is 11.1 Å². The number of halogens is 1. The molecule has 0 atom stereocenters. The standard InChI is InChI=1S/C15H14ClN3/c1-18-15(16)19-14(17)13-9-7-12(8-10-13)11-5-3-2-4-6-11/h2-10H,1H3,(H2,17,18,19). The summed E-state index contributed by atoms with van der Waals surface area (Å²) in [4.78, 5) is 3.92. The van der Waals surface area contributed by atoms with Crippen LogP contribution in [0.25, 0.3) is 11.1 Å². The lowest BCUT2D eigenvalue weighted by Gasteiger charge is -2.04. The maximum Gasteiger partial charge on any atom is 0.197 e. The molecule has 0 aliphatic carbocycles. The predicted octanol–water partition coefficient (Wildman–Crippen LogP) is 3.49. The minimum atomic E-state index is 0.138. The molecule has 0 aromatic heterocycles. The molecule has 0 spiro atoms. The Bertz CT molecular complexity index is 589. The third-order valence-electron chi connectivity index (χ3n) is 2.68. The highest BCUT2D eigenvalue weighted by atomic mass is 35.5. The van der Waals surface area contributed by atoms with Crippen molar-refractivity contribution in [2.75, 3.05) is 7.05 Å². The van der Waals surface area contributed by atoms with Crippen molar-refractivity contribution in [1.29, 1.82) is 5.41 Å². The van der Waals surface area contributed by atoms with Gasteiger partial charge < -0.3 is 5.32 Å². The summed E-state index contributed by atoms with van der Waals surface area (Å²) in [6.07, 6.45) is 0. The van der Waals surface area contributed by atoms with Crippen molar-refractivity contribution >= 4 is 22.7 Å². The highest BCUT2D eigenvalue weighted by Crippen LogP contribution is 2.19. The Hall–Kier alpha value is -2.13. The van der Waals surface area contributed by atoms with Gasteiger partial charge in [0, 0.05) is 12.6 Å². The summed E-state index contributed by atoms with van der Waals surface area (Å²) >= 11 is 5.74. The zero-order chi connectivity index (χ0) is 13.7. The molecule has 0 saturated heterocycles. The Balaban J connectivity index is 2.22. The number of nitrogens with one attached hydrogen (secondary N) is 2. The molecule has 96 valence electrons. The Morgan fingerprint density at radius 1 is 1.00 bits per heavy atom. The maximum absolute atomic E-state index is 7.83. The van der Waals surface area contributed by atoms with E-state index in [4.69, 9.17) is 17.0 Å². The molecule has 0 saturated carbocycles. The summed E-state index contributed by atoms with van der Waals surface area (Å²) < 4.78 is 0. The van der Waals surface area contributed by atoms with Crippen molar-refractivity contribution in [2.45, 2.75) is 0 Å². The molecule has 0 bridgehead atoms. The van der Waals surface area contributed by atoms with Crippen LogP contribution in [0, 0.1) is 5.41 Å². The van der Waals surface area contributed by atoms with Gasteiger partial charge >= 0.3 is 0 Å². The molecular weight excluding hydrogens is 258 g/mol. The van der Waals surface area contributed by atoms with E-state index in [1.165, 1.54) is 0 Å². The number of hydrogen-bond acceptors (Lipinski definition) is 1. The summed E-state index contributed by atoms with van der Waals surface area (Å²) in [5, 5.41) is 10.7. The zero-order valence-corrected chi connectivity index (χ0v) is 11.3. The minimum absolute atomic E-state index is 0.138. The van der Waals surface area contributed by atoms with Gasteiger partial charge in [-0.05, 0) is 22.7 Å². The van der Waals surface area contributed by atoms with Crippen LogP contribution in [0.5, 0.6) is 0 Å². The van der Waals surface area contributed by atoms with Gasteiger partial charge in [0.1, 0.15) is 0 Å². The molecule has 0 heterocycles. The molecule has 0 fully saturated rings. The summed E-state index contributed by atoms with van der Waals surface area (Å²) in [5.74, 6) is 0.138. The van der Waals surface area contributed by atoms with Crippen LogP contribution < -0.4 is 5.32 Å². The smallest absolute Gasteiger partial charge is 0.197 e. The molecular formula is C15H14ClN3. The molecule has 2 rings (SSSR count). The van der Waals surface area contributed by atoms with E-state index in [0.717, 1.165) is 16.7 Å². The van der Waals surface area contributed by atoms with Crippen LogP contribution >= 0.6 is 11.6 Å². The van der Waals surface area contributed by atoms with Crippen LogP contribution in [0.1, 0.15) is 5.56 Å². The summed E-state index contributed by atoms with van der Waals surface area (Å²) in [6, 6.07) is 17.8. The van der Waals surface area contributed by atoms with Crippen molar-refractivity contribution in [3.8, 4) is 11.1 Å². The first kappa shape index (κ1) is 13.3. The average molecular weight is 272 g/mol. The molecule has 0 aliphatic heterocycles. The van der Waals surface area contributed by atoms with Gasteiger partial charge in [-0.1, -0.05) is 54.6 Å². The van der Waals surface area contributed by atoms with Crippen LogP contribution in [-0.4, -0.2) is 18.2 Å². The van der Waals surface area contributed by atoms with E-state index in [2.05, 4.69) is 22.4 Å². The van der Waals surface area contributed by atoms with Crippen LogP contribution in [0.2, 0.25) is 0 Å². The quantitative estimate of drug-likeness (QED) is 0.490. The summed E-state index contributed by atoms with van der Waals surface area (Å²) in [6.45, 7) is 0. The molecule has 0 radical (unpaired) electrons. The van der Waals surface area contributed by atoms with Crippen LogP contribution in [0.3, 0.4) is 0 Å². The van der Waals surface area contributed by atoms with Gasteiger partial charge in [0.2, 0.25) is 0 Å². The van der Waals surface area contributed by atoms with Crippen molar-refractivity contribution in [3.05, 3.63) is 60.2 Å². The summed E-state index contributed by atoms with van der Waals surface area (Å²) in [5.41, 5.74) is 2.99. The fourth-order valence-corrected chi connectivity index (χ4v) is 1.75. The van der Waals surface area contributed by atoms with Gasteiger partial charge in [-0.3, -0.25) is 5.41 Å². The summed E-state index contributed by atoms with van der Waals surface area (Å²) in [7, 11) is 1.66. The first-order valence-corrected chi connectivity index (χ1v) is 6.25. The normalized spacial score (nSPS) is 11.2. The Kier molecular flexibility index (Phi) is 4.31. The van der Waals surface area contributed by atoms with E-state index in [0.29, 0.717) is 0 Å². The lowest BCUT2D eigenvalue weighted by atomic mass is 10.0. The Morgan fingerprint density at radius 3 is 2.16 bits per heavy atom. The van der Waals surface area contributed by atoms with Gasteiger partial charge in [-0.15, -0.1) is 0 Å². The number of nitrogens with zero attached hydrogens (tertiary/aromatic N) is 1. The number of benzene rings is 2. The Labute approximate surface area is 117 Å². The predicted molar refractivity (Wildman–Crippen MR) is 81.1 cm³/mol. The molecule has 3 nitrogen and oxygen atoms in total. The second-order valence-corrected chi connectivity index (χ2v) is 4.30. The largest absolute Gasteiger partial charge is 0.363 e. The first-order chi connectivity index (χ1) is 9.20. The molecule has 2 aromatic rings. The number of hydrogen-bond donors (Lipinski definition) is 2. The van der Waals surface area contributed by atoms with Gasteiger partial charge in [0.05, 0.1) is 0 Å². The van der Waals surface area contributed by atoms with Crippen molar-refractivity contribution < 1.29 is 0 Å². The molecule has 2 aromatic carbocycles. The highest BCUT2D eigenvalue weighted by Gasteiger charge is 2.02. The molecule has 0 amide bonds. The second kappa shape index (κ2) is 6.16. The van der Waals surface area contributed by atoms with Crippen LogP contribution in [0.15, 0.2) is 59.6 Å². The average Bonchev–Trinajstić information content (AvgIpc) is 2.48. The number of rotatable bonds is 2. The highest BCUT2D eigenvalue weighted by molar-refractivity contribution is 6.65. The van der Waals surface area contributed by atoms with E-state index >= 15 is 0 Å². The third kappa shape index (κ3) is 3.42. The van der Waals surface area contributed by atoms with Crippen molar-refractivity contribution in [2.24, 2.45) is 4.99 Å². The SMILES string of the molecule is CN/C(Cl)=N\C(=N)c1ccc(-c2ccccc2)cc1. The topological polar surface area (TPSA) is 48.2 Å². The molecule has 0 unspecified atom stereocenters. The monoisotopic (exact) mass is 271 g/mol. The molecule has 4 heteroatoms. The van der Waals surface area contributed by atoms with Gasteiger partial charge in [-0.25, -0.2) is 4.99 Å². The third-order valence-corrected chi connectivity index (χ3v) is 2.96. The van der Waals surface area contributed by atoms with E-state index in [1.54, 1.807) is 7.05 Å². The lowest BCUT2D eigenvalue weighted by Crippen LogP contribution is -2.13. The maximum atomic E-state index is 7.83. The van der Waals surface area contributed by atoms with Crippen molar-refractivity contribution in [1.82, 2.24) is 5.32 Å². The van der Waals surface area contributed by atoms with Gasteiger partial charge in [0.25, 0.3) is 0 Å². The Morgan fingerprint density at radius 2 is 1.58 bits per heavy atom. The number of aliphatic imine (C=N–C) groups is 1. The fourth-order valence-electron chi connectivity index (χ4n) is 1.67. The zero-order valence-electron chi connectivity index (χ0n) is 10.5.